The number of hydrogen-bond donors (Lipinski definition) is 2. The Labute approximate surface area is 196 Å². The topological polar surface area (TPSA) is 40.2 Å². The highest BCUT2D eigenvalue weighted by molar-refractivity contribution is 7.80. The molecule has 0 amide bonds. The van der Waals surface area contributed by atoms with Crippen molar-refractivity contribution >= 4 is 40.4 Å². The average Bonchev–Trinajstić information content (AvgIpc) is 3.23. The lowest BCUT2D eigenvalue weighted by Crippen LogP contribution is -2.40. The van der Waals surface area contributed by atoms with Gasteiger partial charge in [-0.3, -0.25) is 0 Å². The van der Waals surface area contributed by atoms with Crippen LogP contribution in [0.2, 0.25) is 5.02 Å². The first-order valence-corrected chi connectivity index (χ1v) is 12.2. The maximum absolute atomic E-state index is 6.10. The summed E-state index contributed by atoms with van der Waals surface area (Å²) in [7, 11) is 0. The van der Waals surface area contributed by atoms with Gasteiger partial charge in [-0.2, -0.15) is 0 Å². The Kier molecular flexibility index (Phi) is 7.02. The summed E-state index contributed by atoms with van der Waals surface area (Å²) in [5.74, 6) is 2.47. The summed E-state index contributed by atoms with van der Waals surface area (Å²) in [6.07, 6.45) is 8.04. The van der Waals surface area contributed by atoms with Gasteiger partial charge in [-0.1, -0.05) is 50.4 Å². The first-order valence-electron chi connectivity index (χ1n) is 11.5. The molecule has 1 aliphatic carbocycles. The van der Waals surface area contributed by atoms with Crippen molar-refractivity contribution in [3.8, 4) is 0 Å². The fraction of sp³-hybridized carbons (Fsp3) is 0.520. The van der Waals surface area contributed by atoms with E-state index in [1.165, 1.54) is 37.7 Å². The summed E-state index contributed by atoms with van der Waals surface area (Å²) in [4.78, 5) is 7.09. The standard InChI is InChI=1S/C25H33ClN4S/c1-18-13-19(2)16-30(15-18)23-10-9-22(14-27-23)29-24(31)28-17-25(11-3-4-12-25)20-5-7-21(26)8-6-20/h5-10,14,18-19H,3-4,11-13,15-17H2,1-2H3,(H2,28,29,31). The Bertz CT molecular complexity index is 867. The normalized spacial score (nSPS) is 22.9. The summed E-state index contributed by atoms with van der Waals surface area (Å²) in [5.41, 5.74) is 2.40. The average molecular weight is 457 g/mol. The van der Waals surface area contributed by atoms with Gasteiger partial charge in [-0.25, -0.2) is 4.98 Å². The van der Waals surface area contributed by atoms with Crippen molar-refractivity contribution in [3.05, 3.63) is 53.2 Å². The van der Waals surface area contributed by atoms with E-state index in [-0.39, 0.29) is 5.41 Å². The molecule has 31 heavy (non-hydrogen) atoms. The van der Waals surface area contributed by atoms with Crippen LogP contribution >= 0.6 is 23.8 Å². The molecule has 0 bridgehead atoms. The summed E-state index contributed by atoms with van der Waals surface area (Å²) in [6, 6.07) is 12.5. The van der Waals surface area contributed by atoms with Gasteiger partial charge in [0, 0.05) is 30.1 Å². The van der Waals surface area contributed by atoms with Crippen LogP contribution in [-0.4, -0.2) is 29.7 Å². The van der Waals surface area contributed by atoms with Crippen molar-refractivity contribution in [3.63, 3.8) is 0 Å². The van der Waals surface area contributed by atoms with Crippen LogP contribution in [-0.2, 0) is 5.41 Å². The highest BCUT2D eigenvalue weighted by Crippen LogP contribution is 2.41. The number of nitrogens with zero attached hydrogens (tertiary/aromatic N) is 2. The molecule has 2 atom stereocenters. The molecular weight excluding hydrogens is 424 g/mol. The van der Waals surface area contributed by atoms with Gasteiger partial charge in [-0.05, 0) is 73.1 Å². The molecular formula is C25H33ClN4S. The lowest BCUT2D eigenvalue weighted by Gasteiger charge is -2.35. The Balaban J connectivity index is 1.34. The van der Waals surface area contributed by atoms with E-state index < -0.39 is 0 Å². The smallest absolute Gasteiger partial charge is 0.170 e. The Morgan fingerprint density at radius 3 is 2.39 bits per heavy atom. The molecule has 2 N–H and O–H groups in total. The molecule has 0 spiro atoms. The van der Waals surface area contributed by atoms with Crippen LogP contribution in [0.5, 0.6) is 0 Å². The predicted octanol–water partition coefficient (Wildman–Crippen LogP) is 6.02. The van der Waals surface area contributed by atoms with Gasteiger partial charge < -0.3 is 15.5 Å². The van der Waals surface area contributed by atoms with Gasteiger partial charge in [0.2, 0.25) is 0 Å². The minimum Gasteiger partial charge on any atom is -0.362 e. The van der Waals surface area contributed by atoms with Crippen LogP contribution in [0.3, 0.4) is 0 Å². The maximum Gasteiger partial charge on any atom is 0.170 e. The molecule has 1 saturated carbocycles. The van der Waals surface area contributed by atoms with Crippen molar-refractivity contribution in [2.24, 2.45) is 11.8 Å². The molecule has 1 aromatic heterocycles. The van der Waals surface area contributed by atoms with Gasteiger partial charge in [0.1, 0.15) is 5.82 Å². The first kappa shape index (κ1) is 22.3. The minimum absolute atomic E-state index is 0.125. The number of hydrogen-bond acceptors (Lipinski definition) is 3. The monoisotopic (exact) mass is 456 g/mol. The lowest BCUT2D eigenvalue weighted by molar-refractivity contribution is 0.355. The molecule has 2 aromatic rings. The zero-order chi connectivity index (χ0) is 21.8. The van der Waals surface area contributed by atoms with Gasteiger partial charge in [0.15, 0.2) is 5.11 Å². The molecule has 0 radical (unpaired) electrons. The van der Waals surface area contributed by atoms with Crippen molar-refractivity contribution in [1.82, 2.24) is 10.3 Å². The molecule has 2 aliphatic rings. The molecule has 2 fully saturated rings. The van der Waals surface area contributed by atoms with E-state index >= 15 is 0 Å². The van der Waals surface area contributed by atoms with E-state index in [1.807, 2.05) is 18.3 Å². The summed E-state index contributed by atoms with van der Waals surface area (Å²) in [5, 5.41) is 8.21. The number of rotatable bonds is 5. The number of pyridine rings is 1. The van der Waals surface area contributed by atoms with E-state index in [0.717, 1.165) is 36.2 Å². The van der Waals surface area contributed by atoms with Crippen LogP contribution in [0.25, 0.3) is 0 Å². The minimum atomic E-state index is 0.125. The van der Waals surface area contributed by atoms with Crippen molar-refractivity contribution < 1.29 is 0 Å². The van der Waals surface area contributed by atoms with Gasteiger partial charge in [0.05, 0.1) is 11.9 Å². The zero-order valence-electron chi connectivity index (χ0n) is 18.5. The number of nitrogens with one attached hydrogen (secondary N) is 2. The van der Waals surface area contributed by atoms with Gasteiger partial charge >= 0.3 is 0 Å². The van der Waals surface area contributed by atoms with Gasteiger partial charge in [0.25, 0.3) is 0 Å². The molecule has 4 rings (SSSR count). The molecule has 166 valence electrons. The van der Waals surface area contributed by atoms with Gasteiger partial charge in [-0.15, -0.1) is 0 Å². The van der Waals surface area contributed by atoms with Crippen molar-refractivity contribution in [1.29, 1.82) is 0 Å². The first-order chi connectivity index (χ1) is 14.9. The van der Waals surface area contributed by atoms with Crippen LogP contribution in [0, 0.1) is 11.8 Å². The Morgan fingerprint density at radius 1 is 1.10 bits per heavy atom. The molecule has 1 saturated heterocycles. The fourth-order valence-corrected chi connectivity index (χ4v) is 5.66. The number of halogens is 1. The second kappa shape index (κ2) is 9.74. The van der Waals surface area contributed by atoms with Crippen LogP contribution in [0.15, 0.2) is 42.6 Å². The molecule has 4 nitrogen and oxygen atoms in total. The molecule has 1 aliphatic heterocycles. The Hall–Kier alpha value is -1.85. The van der Waals surface area contributed by atoms with E-state index in [4.69, 9.17) is 28.8 Å². The zero-order valence-corrected chi connectivity index (χ0v) is 20.1. The number of piperidine rings is 1. The Morgan fingerprint density at radius 2 is 1.77 bits per heavy atom. The number of aromatic nitrogens is 1. The van der Waals surface area contributed by atoms with E-state index in [2.05, 4.69) is 53.6 Å². The van der Waals surface area contributed by atoms with Crippen LogP contribution < -0.4 is 15.5 Å². The number of anilines is 2. The number of thiocarbonyl (C=S) groups is 1. The molecule has 1 aromatic carbocycles. The van der Waals surface area contributed by atoms with Crippen LogP contribution in [0.1, 0.15) is 51.5 Å². The highest BCUT2D eigenvalue weighted by Gasteiger charge is 2.35. The predicted molar refractivity (Wildman–Crippen MR) is 135 cm³/mol. The third-order valence-electron chi connectivity index (χ3n) is 6.80. The molecule has 2 unspecified atom stereocenters. The van der Waals surface area contributed by atoms with Crippen LogP contribution in [0.4, 0.5) is 11.5 Å². The fourth-order valence-electron chi connectivity index (χ4n) is 5.34. The summed E-state index contributed by atoms with van der Waals surface area (Å²) in [6.45, 7) is 7.64. The number of benzene rings is 1. The van der Waals surface area contributed by atoms with E-state index in [0.29, 0.717) is 16.9 Å². The lowest BCUT2D eigenvalue weighted by atomic mass is 9.79. The summed E-state index contributed by atoms with van der Waals surface area (Å²) < 4.78 is 0. The van der Waals surface area contributed by atoms with E-state index in [1.54, 1.807) is 0 Å². The maximum atomic E-state index is 6.10. The second-order valence-corrected chi connectivity index (χ2v) is 10.4. The SMILES string of the molecule is CC1CC(C)CN(c2ccc(NC(=S)NCC3(c4ccc(Cl)cc4)CCCC3)cn2)C1. The molecule has 2 heterocycles. The van der Waals surface area contributed by atoms with Crippen molar-refractivity contribution in [2.45, 2.75) is 51.4 Å². The van der Waals surface area contributed by atoms with E-state index in [9.17, 15) is 0 Å². The second-order valence-electron chi connectivity index (χ2n) is 9.56. The summed E-state index contributed by atoms with van der Waals surface area (Å²) >= 11 is 11.7. The van der Waals surface area contributed by atoms with Crippen molar-refractivity contribution in [2.75, 3.05) is 29.9 Å². The quantitative estimate of drug-likeness (QED) is 0.538. The largest absolute Gasteiger partial charge is 0.362 e. The third kappa shape index (κ3) is 5.50. The third-order valence-corrected chi connectivity index (χ3v) is 7.30. The molecule has 6 heteroatoms. The highest BCUT2D eigenvalue weighted by atomic mass is 35.5.